The molecule has 0 atom stereocenters. The van der Waals surface area contributed by atoms with E-state index in [1.165, 1.54) is 35.1 Å². The molecule has 0 radical (unpaired) electrons. The molecular weight excluding hydrogens is 501 g/mol. The summed E-state index contributed by atoms with van der Waals surface area (Å²) in [5.74, 6) is -3.20. The maximum atomic E-state index is 15.1. The maximum absolute atomic E-state index is 15.1. The minimum atomic E-state index is -0.975. The first-order valence-electron chi connectivity index (χ1n) is 11.6. The number of carbonyl (C=O) groups excluding carboxylic acids is 2. The van der Waals surface area contributed by atoms with Crippen molar-refractivity contribution < 1.29 is 27.5 Å². The molecule has 2 aromatic heterocycles. The average molecular weight is 522 g/mol. The normalized spacial score (nSPS) is 13.1. The van der Waals surface area contributed by atoms with E-state index in [2.05, 4.69) is 10.1 Å². The fraction of sp³-hybridized carbons (Fsp3) is 0.154. The topological polar surface area (TPSA) is 129 Å². The van der Waals surface area contributed by atoms with Crippen molar-refractivity contribution in [2.75, 3.05) is 4.90 Å². The first-order valence-corrected chi connectivity index (χ1v) is 11.6. The third-order valence-corrected chi connectivity index (χ3v) is 6.16. The lowest BCUT2D eigenvalue weighted by atomic mass is 9.83. The van der Waals surface area contributed by atoms with E-state index in [9.17, 15) is 18.4 Å². The molecule has 5 rings (SSSR count). The summed E-state index contributed by atoms with van der Waals surface area (Å²) in [7, 11) is 0. The van der Waals surface area contributed by atoms with Gasteiger partial charge in [-0.1, -0.05) is 6.42 Å². The van der Waals surface area contributed by atoms with Crippen LogP contribution in [0.2, 0.25) is 0 Å². The van der Waals surface area contributed by atoms with Crippen molar-refractivity contribution in [3.63, 3.8) is 0 Å². The Morgan fingerprint density at radius 3 is 2.32 bits per heavy atom. The highest BCUT2D eigenvalue weighted by atomic mass is 19.1. The molecule has 2 aromatic carbocycles. The van der Waals surface area contributed by atoms with Gasteiger partial charge in [0.05, 0.1) is 17.1 Å². The standard InChI is InChI=1S/C26H21F3N6O3/c27-15-8-16(28)10-18(9-15)35-24(13-21(33-35)14-2-1-3-14)34(26(31)37)17-4-5-23(20(29)11-17)38-19-6-7-32-22(12-19)25(30)36/h4-14H,1-3H2,(H2,30,36)(H2,31,37). The van der Waals surface area contributed by atoms with Crippen LogP contribution in [0.15, 0.2) is 60.8 Å². The highest BCUT2D eigenvalue weighted by Crippen LogP contribution is 2.39. The van der Waals surface area contributed by atoms with Crippen LogP contribution in [0.1, 0.15) is 41.4 Å². The Morgan fingerprint density at radius 2 is 1.71 bits per heavy atom. The highest BCUT2D eigenvalue weighted by molar-refractivity contribution is 5.98. The van der Waals surface area contributed by atoms with Gasteiger partial charge in [-0.15, -0.1) is 0 Å². The van der Waals surface area contributed by atoms with Crippen molar-refractivity contribution in [3.05, 3.63) is 89.6 Å². The number of aromatic nitrogens is 3. The first kappa shape index (κ1) is 24.8. The third-order valence-electron chi connectivity index (χ3n) is 6.16. The highest BCUT2D eigenvalue weighted by Gasteiger charge is 2.28. The summed E-state index contributed by atoms with van der Waals surface area (Å²) in [5, 5.41) is 4.50. The molecule has 1 aliphatic rings. The lowest BCUT2D eigenvalue weighted by Gasteiger charge is -2.23. The molecule has 2 heterocycles. The van der Waals surface area contributed by atoms with Crippen LogP contribution in [0.25, 0.3) is 5.69 Å². The minimum absolute atomic E-state index is 0.0214. The molecule has 0 saturated heterocycles. The lowest BCUT2D eigenvalue weighted by molar-refractivity contribution is 0.0995. The van der Waals surface area contributed by atoms with Gasteiger partial charge < -0.3 is 16.2 Å². The lowest BCUT2D eigenvalue weighted by Crippen LogP contribution is -2.33. The number of amides is 3. The van der Waals surface area contributed by atoms with Crippen molar-refractivity contribution in [1.82, 2.24) is 14.8 Å². The number of nitrogens with zero attached hydrogens (tertiary/aromatic N) is 4. The summed E-state index contributed by atoms with van der Waals surface area (Å²) in [4.78, 5) is 28.8. The summed E-state index contributed by atoms with van der Waals surface area (Å²) in [6.07, 6.45) is 4.04. The molecule has 1 saturated carbocycles. The van der Waals surface area contributed by atoms with E-state index in [1.807, 2.05) is 0 Å². The number of halogens is 3. The van der Waals surface area contributed by atoms with Crippen LogP contribution >= 0.6 is 0 Å². The molecule has 0 aliphatic heterocycles. The number of carbonyl (C=O) groups is 2. The van der Waals surface area contributed by atoms with Gasteiger partial charge in [-0.2, -0.15) is 5.10 Å². The van der Waals surface area contributed by atoms with Crippen molar-refractivity contribution in [1.29, 1.82) is 0 Å². The Hall–Kier alpha value is -4.87. The largest absolute Gasteiger partial charge is 0.454 e. The van der Waals surface area contributed by atoms with E-state index < -0.39 is 29.4 Å². The smallest absolute Gasteiger partial charge is 0.325 e. The molecule has 0 unspecified atom stereocenters. The van der Waals surface area contributed by atoms with Gasteiger partial charge >= 0.3 is 6.03 Å². The molecule has 38 heavy (non-hydrogen) atoms. The Bertz CT molecular complexity index is 1530. The van der Waals surface area contributed by atoms with Gasteiger partial charge in [-0.25, -0.2) is 27.5 Å². The van der Waals surface area contributed by atoms with Crippen LogP contribution in [-0.4, -0.2) is 26.7 Å². The van der Waals surface area contributed by atoms with E-state index in [1.54, 1.807) is 6.07 Å². The molecule has 194 valence electrons. The van der Waals surface area contributed by atoms with Crippen LogP contribution in [0.4, 0.5) is 29.5 Å². The second-order valence-corrected chi connectivity index (χ2v) is 8.73. The molecule has 3 amide bonds. The van der Waals surface area contributed by atoms with Crippen LogP contribution in [-0.2, 0) is 0 Å². The number of ether oxygens (including phenoxy) is 1. The van der Waals surface area contributed by atoms with E-state index in [0.29, 0.717) is 11.8 Å². The van der Waals surface area contributed by atoms with Crippen molar-refractivity contribution >= 4 is 23.4 Å². The predicted molar refractivity (Wildman–Crippen MR) is 131 cm³/mol. The number of pyridine rings is 1. The number of urea groups is 1. The molecule has 4 aromatic rings. The number of anilines is 2. The third kappa shape index (κ3) is 4.88. The molecule has 0 spiro atoms. The van der Waals surface area contributed by atoms with E-state index in [4.69, 9.17) is 16.2 Å². The molecule has 1 aliphatic carbocycles. The van der Waals surface area contributed by atoms with E-state index >= 15 is 4.39 Å². The van der Waals surface area contributed by atoms with Gasteiger partial charge in [0.2, 0.25) is 0 Å². The van der Waals surface area contributed by atoms with Gasteiger partial charge in [-0.05, 0) is 43.2 Å². The van der Waals surface area contributed by atoms with E-state index in [0.717, 1.165) is 42.4 Å². The Kier molecular flexibility index (Phi) is 6.45. The zero-order valence-electron chi connectivity index (χ0n) is 19.8. The summed E-state index contributed by atoms with van der Waals surface area (Å²) >= 11 is 0. The number of hydrogen-bond acceptors (Lipinski definition) is 5. The number of nitrogens with two attached hydrogens (primary N) is 2. The molecular formula is C26H21F3N6O3. The summed E-state index contributed by atoms with van der Waals surface area (Å²) < 4.78 is 49.9. The SMILES string of the molecule is NC(=O)c1cc(Oc2ccc(N(C(N)=O)c3cc(C4CCC4)nn3-c3cc(F)cc(F)c3)cc2F)ccn1. The second-order valence-electron chi connectivity index (χ2n) is 8.73. The quantitative estimate of drug-likeness (QED) is 0.351. The second kappa shape index (κ2) is 9.88. The van der Waals surface area contributed by atoms with Crippen LogP contribution in [0.3, 0.4) is 0 Å². The molecule has 1 fully saturated rings. The number of hydrogen-bond donors (Lipinski definition) is 2. The molecule has 9 nitrogen and oxygen atoms in total. The average Bonchev–Trinajstić information content (AvgIpc) is 3.23. The zero-order chi connectivity index (χ0) is 27.0. The van der Waals surface area contributed by atoms with Crippen LogP contribution in [0, 0.1) is 17.5 Å². The minimum Gasteiger partial charge on any atom is -0.454 e. The predicted octanol–water partition coefficient (Wildman–Crippen LogP) is 5.06. The summed E-state index contributed by atoms with van der Waals surface area (Å²) in [5.41, 5.74) is 11.5. The van der Waals surface area contributed by atoms with E-state index in [-0.39, 0.29) is 40.3 Å². The van der Waals surface area contributed by atoms with Gasteiger partial charge in [0.25, 0.3) is 5.91 Å². The summed E-state index contributed by atoms with van der Waals surface area (Å²) in [6, 6.07) is 9.80. The fourth-order valence-corrected chi connectivity index (χ4v) is 4.12. The first-order chi connectivity index (χ1) is 18.2. The number of primary amides is 2. The van der Waals surface area contributed by atoms with Crippen molar-refractivity contribution in [2.45, 2.75) is 25.2 Å². The number of benzene rings is 2. The number of rotatable bonds is 7. The molecule has 12 heteroatoms. The maximum Gasteiger partial charge on any atom is 0.325 e. The van der Waals surface area contributed by atoms with Crippen LogP contribution < -0.4 is 21.1 Å². The Balaban J connectivity index is 1.54. The molecule has 0 bridgehead atoms. The summed E-state index contributed by atoms with van der Waals surface area (Å²) in [6.45, 7) is 0. The van der Waals surface area contributed by atoms with Crippen LogP contribution in [0.5, 0.6) is 11.5 Å². The van der Waals surface area contributed by atoms with Gasteiger partial charge in [0.15, 0.2) is 11.6 Å². The monoisotopic (exact) mass is 522 g/mol. The van der Waals surface area contributed by atoms with Crippen molar-refractivity contribution in [2.24, 2.45) is 11.5 Å². The van der Waals surface area contributed by atoms with Crippen molar-refractivity contribution in [3.8, 4) is 17.2 Å². The van der Waals surface area contributed by atoms with Gasteiger partial charge in [0.1, 0.15) is 28.9 Å². The fourth-order valence-electron chi connectivity index (χ4n) is 4.12. The zero-order valence-corrected chi connectivity index (χ0v) is 19.8. The Morgan fingerprint density at radius 1 is 0.974 bits per heavy atom. The Labute approximate surface area is 214 Å². The molecule has 4 N–H and O–H groups in total. The van der Waals surface area contributed by atoms with Gasteiger partial charge in [0, 0.05) is 36.4 Å². The van der Waals surface area contributed by atoms with Gasteiger partial charge in [-0.3, -0.25) is 9.78 Å².